The summed E-state index contributed by atoms with van der Waals surface area (Å²) in [6, 6.07) is 1.25. The maximum Gasteiger partial charge on any atom is 0.335 e. The Hall–Kier alpha value is -2.08. The Bertz CT molecular complexity index is 469. The number of carbonyl (C=O) groups excluding carboxylic acids is 1. The minimum atomic E-state index is -1.21. The van der Waals surface area contributed by atoms with Crippen LogP contribution in [0.4, 0.5) is 0 Å². The lowest BCUT2D eigenvalue weighted by atomic mass is 9.99. The number of rotatable bonds is 3. The number of ether oxygens (including phenoxy) is 1. The molecule has 1 aromatic carbocycles. The molecule has 0 fully saturated rings. The number of hydrogen-bond donors (Lipinski definition) is 3. The van der Waals surface area contributed by atoms with Gasteiger partial charge in [-0.05, 0) is 24.6 Å². The molecule has 0 saturated carbocycles. The molecule has 1 atom stereocenters. The highest BCUT2D eigenvalue weighted by molar-refractivity contribution is 5.89. The Balaban J connectivity index is 3.31. The van der Waals surface area contributed by atoms with E-state index in [-0.39, 0.29) is 16.9 Å². The normalized spacial score (nSPS) is 11.9. The Morgan fingerprint density at radius 3 is 2.47 bits per heavy atom. The first-order chi connectivity index (χ1) is 7.88. The van der Waals surface area contributed by atoms with Crippen molar-refractivity contribution in [2.45, 2.75) is 13.0 Å². The molecule has 6 nitrogen and oxygen atoms in total. The lowest BCUT2D eigenvalue weighted by Crippen LogP contribution is -2.23. The van der Waals surface area contributed by atoms with E-state index in [9.17, 15) is 14.7 Å². The first-order valence-corrected chi connectivity index (χ1v) is 4.78. The lowest BCUT2D eigenvalue weighted by Gasteiger charge is -2.13. The number of carbonyl (C=O) groups is 2. The van der Waals surface area contributed by atoms with Gasteiger partial charge in [-0.25, -0.2) is 4.79 Å². The summed E-state index contributed by atoms with van der Waals surface area (Å²) < 4.78 is 4.44. The van der Waals surface area contributed by atoms with E-state index in [1.165, 1.54) is 13.0 Å². The number of aromatic carboxylic acids is 1. The SMILES string of the molecule is COC(=O)[C@@H](N)c1cc(C(=O)O)cc(C)c1O. The van der Waals surface area contributed by atoms with Crippen molar-refractivity contribution in [3.8, 4) is 5.75 Å². The first-order valence-electron chi connectivity index (χ1n) is 4.78. The van der Waals surface area contributed by atoms with Gasteiger partial charge in [0.2, 0.25) is 0 Å². The van der Waals surface area contributed by atoms with Crippen LogP contribution in [-0.4, -0.2) is 29.3 Å². The second-order valence-electron chi connectivity index (χ2n) is 3.54. The largest absolute Gasteiger partial charge is 0.507 e. The second-order valence-corrected chi connectivity index (χ2v) is 3.54. The highest BCUT2D eigenvalue weighted by Gasteiger charge is 2.22. The minimum Gasteiger partial charge on any atom is -0.507 e. The van der Waals surface area contributed by atoms with Gasteiger partial charge < -0.3 is 20.7 Å². The molecule has 4 N–H and O–H groups in total. The van der Waals surface area contributed by atoms with Crippen LogP contribution in [0.1, 0.15) is 27.5 Å². The van der Waals surface area contributed by atoms with Gasteiger partial charge in [0.05, 0.1) is 12.7 Å². The van der Waals surface area contributed by atoms with Crippen LogP contribution < -0.4 is 5.73 Å². The van der Waals surface area contributed by atoms with E-state index in [1.807, 2.05) is 0 Å². The van der Waals surface area contributed by atoms with Crippen molar-refractivity contribution in [3.63, 3.8) is 0 Å². The van der Waals surface area contributed by atoms with E-state index in [0.717, 1.165) is 13.2 Å². The topological polar surface area (TPSA) is 110 Å². The van der Waals surface area contributed by atoms with Gasteiger partial charge in [-0.1, -0.05) is 0 Å². The number of hydrogen-bond acceptors (Lipinski definition) is 5. The predicted octanol–water partition coefficient (Wildman–Crippen LogP) is 0.572. The maximum absolute atomic E-state index is 11.3. The van der Waals surface area contributed by atoms with Crippen molar-refractivity contribution < 1.29 is 24.5 Å². The molecule has 17 heavy (non-hydrogen) atoms. The smallest absolute Gasteiger partial charge is 0.335 e. The molecule has 0 heterocycles. The first kappa shape index (κ1) is 13.0. The third kappa shape index (κ3) is 2.54. The molecule has 1 aromatic rings. The van der Waals surface area contributed by atoms with Crippen LogP contribution in [0.2, 0.25) is 0 Å². The highest BCUT2D eigenvalue weighted by atomic mass is 16.5. The summed E-state index contributed by atoms with van der Waals surface area (Å²) in [5, 5.41) is 18.6. The molecule has 0 bridgehead atoms. The van der Waals surface area contributed by atoms with Gasteiger partial charge >= 0.3 is 11.9 Å². The molecule has 0 radical (unpaired) electrons. The number of phenols is 1. The second kappa shape index (κ2) is 4.84. The van der Waals surface area contributed by atoms with Crippen molar-refractivity contribution in [1.29, 1.82) is 0 Å². The van der Waals surface area contributed by atoms with Gasteiger partial charge in [-0.2, -0.15) is 0 Å². The van der Waals surface area contributed by atoms with Gasteiger partial charge in [0.15, 0.2) is 0 Å². The van der Waals surface area contributed by atoms with Crippen LogP contribution >= 0.6 is 0 Å². The highest BCUT2D eigenvalue weighted by Crippen LogP contribution is 2.28. The molecule has 0 aromatic heterocycles. The Labute approximate surface area is 97.6 Å². The average Bonchev–Trinajstić information content (AvgIpc) is 2.30. The molecule has 0 saturated heterocycles. The fourth-order valence-electron chi connectivity index (χ4n) is 1.42. The molecule has 0 amide bonds. The molecule has 1 rings (SSSR count). The standard InChI is InChI=1S/C11H13NO5/c1-5-3-6(10(14)15)4-7(9(5)13)8(12)11(16)17-2/h3-4,8,13H,12H2,1-2H3,(H,14,15)/t8-/m0/s1. The summed E-state index contributed by atoms with van der Waals surface area (Å²) in [5.74, 6) is -2.11. The zero-order chi connectivity index (χ0) is 13.2. The van der Waals surface area contributed by atoms with Gasteiger partial charge in [-0.15, -0.1) is 0 Å². The summed E-state index contributed by atoms with van der Waals surface area (Å²) in [5.41, 5.74) is 5.88. The number of phenolic OH excluding ortho intramolecular Hbond substituents is 1. The Morgan fingerprint density at radius 2 is 2.00 bits per heavy atom. The number of aromatic hydroxyl groups is 1. The van der Waals surface area contributed by atoms with E-state index in [0.29, 0.717) is 5.56 Å². The van der Waals surface area contributed by atoms with Crippen LogP contribution in [0.15, 0.2) is 12.1 Å². The van der Waals surface area contributed by atoms with Crippen molar-refractivity contribution in [2.24, 2.45) is 5.73 Å². The van der Waals surface area contributed by atoms with Crippen molar-refractivity contribution in [3.05, 3.63) is 28.8 Å². The lowest BCUT2D eigenvalue weighted by molar-refractivity contribution is -0.142. The van der Waals surface area contributed by atoms with Crippen LogP contribution in [0.25, 0.3) is 0 Å². The summed E-state index contributed by atoms with van der Waals surface area (Å²) in [6.07, 6.45) is 0. The molecular weight excluding hydrogens is 226 g/mol. The summed E-state index contributed by atoms with van der Waals surface area (Å²) in [7, 11) is 1.16. The fraction of sp³-hybridized carbons (Fsp3) is 0.273. The number of benzene rings is 1. The Kier molecular flexibility index (Phi) is 3.69. The maximum atomic E-state index is 11.3. The Morgan fingerprint density at radius 1 is 1.41 bits per heavy atom. The van der Waals surface area contributed by atoms with Gasteiger partial charge in [-0.3, -0.25) is 4.79 Å². The fourth-order valence-corrected chi connectivity index (χ4v) is 1.42. The van der Waals surface area contributed by atoms with Gasteiger partial charge in [0, 0.05) is 5.56 Å². The van der Waals surface area contributed by atoms with Crippen LogP contribution in [0.3, 0.4) is 0 Å². The molecule has 0 spiro atoms. The van der Waals surface area contributed by atoms with Gasteiger partial charge in [0.1, 0.15) is 11.8 Å². The van der Waals surface area contributed by atoms with Crippen molar-refractivity contribution in [1.82, 2.24) is 0 Å². The predicted molar refractivity (Wildman–Crippen MR) is 58.7 cm³/mol. The number of esters is 1. The molecule has 0 aliphatic rings. The van der Waals surface area contributed by atoms with Crippen LogP contribution in [0.5, 0.6) is 5.75 Å². The number of carboxylic acids is 1. The summed E-state index contributed by atoms with van der Waals surface area (Å²) in [6.45, 7) is 1.52. The minimum absolute atomic E-state index is 0.0363. The molecule has 0 aliphatic carbocycles. The molecule has 0 unspecified atom stereocenters. The van der Waals surface area contributed by atoms with Gasteiger partial charge in [0.25, 0.3) is 0 Å². The zero-order valence-electron chi connectivity index (χ0n) is 9.43. The van der Waals surface area contributed by atoms with Crippen LogP contribution in [0, 0.1) is 6.92 Å². The van der Waals surface area contributed by atoms with E-state index >= 15 is 0 Å². The average molecular weight is 239 g/mol. The van der Waals surface area contributed by atoms with E-state index in [1.54, 1.807) is 0 Å². The van der Waals surface area contributed by atoms with E-state index in [4.69, 9.17) is 10.8 Å². The summed E-state index contributed by atoms with van der Waals surface area (Å²) >= 11 is 0. The van der Waals surface area contributed by atoms with Crippen LogP contribution in [-0.2, 0) is 9.53 Å². The molecule has 92 valence electrons. The monoisotopic (exact) mass is 239 g/mol. The molecule has 0 aliphatic heterocycles. The number of methoxy groups -OCH3 is 1. The molecular formula is C11H13NO5. The molecule has 6 heteroatoms. The number of nitrogens with two attached hydrogens (primary N) is 1. The number of carboxylic acid groups (broad SMARTS) is 1. The summed E-state index contributed by atoms with van der Waals surface area (Å²) in [4.78, 5) is 22.1. The van der Waals surface area contributed by atoms with Crippen molar-refractivity contribution in [2.75, 3.05) is 7.11 Å². The number of aryl methyl sites for hydroxylation is 1. The van der Waals surface area contributed by atoms with E-state index in [2.05, 4.69) is 4.74 Å². The van der Waals surface area contributed by atoms with E-state index < -0.39 is 18.0 Å². The third-order valence-electron chi connectivity index (χ3n) is 2.37. The zero-order valence-corrected chi connectivity index (χ0v) is 9.43. The third-order valence-corrected chi connectivity index (χ3v) is 2.37. The quantitative estimate of drug-likeness (QED) is 0.665. The van der Waals surface area contributed by atoms with Crippen molar-refractivity contribution >= 4 is 11.9 Å².